The molecule has 1 aromatic heterocycles. The van der Waals surface area contributed by atoms with Crippen LogP contribution >= 0.6 is 12.2 Å². The van der Waals surface area contributed by atoms with Crippen molar-refractivity contribution in [1.29, 1.82) is 0 Å². The molecule has 0 atom stereocenters. The molecule has 5 rings (SSSR count). The minimum Gasteiger partial charge on any atom is -0.454 e. The van der Waals surface area contributed by atoms with Crippen LogP contribution in [0, 0.1) is 6.92 Å². The Morgan fingerprint density at radius 1 is 1.03 bits per heavy atom. The van der Waals surface area contributed by atoms with E-state index in [0.717, 1.165) is 41.7 Å². The Morgan fingerprint density at radius 3 is 2.60 bits per heavy atom. The minimum absolute atomic E-state index is 0.265. The summed E-state index contributed by atoms with van der Waals surface area (Å²) < 4.78 is 10.8. The fourth-order valence-electron chi connectivity index (χ4n) is 3.64. The largest absolute Gasteiger partial charge is 0.454 e. The molecule has 2 aliphatic rings. The van der Waals surface area contributed by atoms with Crippen molar-refractivity contribution < 1.29 is 9.47 Å². The molecule has 8 heteroatoms. The maximum absolute atomic E-state index is 5.44. The number of rotatable bonds is 4. The molecule has 3 aromatic rings. The van der Waals surface area contributed by atoms with Crippen LogP contribution in [0.1, 0.15) is 22.4 Å². The first-order valence-electron chi connectivity index (χ1n) is 9.75. The van der Waals surface area contributed by atoms with Crippen LogP contribution in [0.3, 0.4) is 0 Å². The third-order valence-electron chi connectivity index (χ3n) is 5.12. The Bertz CT molecular complexity index is 1100. The van der Waals surface area contributed by atoms with Crippen LogP contribution in [0.25, 0.3) is 0 Å². The monoisotopic (exact) mass is 419 g/mol. The zero-order valence-corrected chi connectivity index (χ0v) is 17.3. The Kier molecular flexibility index (Phi) is 4.84. The summed E-state index contributed by atoms with van der Waals surface area (Å²) in [4.78, 5) is 11.4. The molecule has 0 unspecified atom stereocenters. The fourth-order valence-corrected chi connectivity index (χ4v) is 3.81. The van der Waals surface area contributed by atoms with Crippen molar-refractivity contribution in [2.75, 3.05) is 17.0 Å². The van der Waals surface area contributed by atoms with Gasteiger partial charge in [-0.3, -0.25) is 0 Å². The Labute approximate surface area is 180 Å². The van der Waals surface area contributed by atoms with Gasteiger partial charge in [0.1, 0.15) is 5.82 Å². The van der Waals surface area contributed by atoms with E-state index in [1.165, 1.54) is 11.1 Å². The van der Waals surface area contributed by atoms with Gasteiger partial charge in [0.05, 0.1) is 0 Å². The Morgan fingerprint density at radius 2 is 1.80 bits per heavy atom. The minimum atomic E-state index is 0.265. The molecule has 152 valence electrons. The predicted molar refractivity (Wildman–Crippen MR) is 119 cm³/mol. The van der Waals surface area contributed by atoms with E-state index in [1.807, 2.05) is 31.2 Å². The van der Waals surface area contributed by atoms with E-state index >= 15 is 0 Å². The molecule has 3 heterocycles. The third kappa shape index (κ3) is 3.86. The molecule has 7 nitrogen and oxygen atoms in total. The topological polar surface area (TPSA) is 71.5 Å². The van der Waals surface area contributed by atoms with Crippen molar-refractivity contribution in [2.45, 2.75) is 26.6 Å². The SMILES string of the molecule is Cc1cc(N2Cc3ccccc3C2)nc(NC(=S)NCc2ccc3c(c2)OCO3)n1. The van der Waals surface area contributed by atoms with Gasteiger partial charge in [0.2, 0.25) is 12.7 Å². The van der Waals surface area contributed by atoms with Crippen LogP contribution in [0.2, 0.25) is 0 Å². The first-order chi connectivity index (χ1) is 14.6. The molecular weight excluding hydrogens is 398 g/mol. The summed E-state index contributed by atoms with van der Waals surface area (Å²) in [6, 6.07) is 16.3. The van der Waals surface area contributed by atoms with Gasteiger partial charge >= 0.3 is 0 Å². The number of aryl methyl sites for hydroxylation is 1. The van der Waals surface area contributed by atoms with E-state index in [9.17, 15) is 0 Å². The fraction of sp³-hybridized carbons (Fsp3) is 0.227. The summed E-state index contributed by atoms with van der Waals surface area (Å²) in [5.74, 6) is 2.90. The average molecular weight is 420 g/mol. The number of anilines is 2. The number of nitrogens with zero attached hydrogens (tertiary/aromatic N) is 3. The molecule has 0 fully saturated rings. The van der Waals surface area contributed by atoms with Crippen LogP contribution in [-0.2, 0) is 19.6 Å². The molecule has 2 aliphatic heterocycles. The van der Waals surface area contributed by atoms with Crippen LogP contribution in [0.4, 0.5) is 11.8 Å². The number of fused-ring (bicyclic) bond motifs is 2. The number of hydrogen-bond acceptors (Lipinski definition) is 6. The summed E-state index contributed by atoms with van der Waals surface area (Å²) in [5, 5.41) is 6.76. The van der Waals surface area contributed by atoms with Crippen molar-refractivity contribution in [3.05, 3.63) is 70.9 Å². The smallest absolute Gasteiger partial charge is 0.231 e. The second-order valence-electron chi connectivity index (χ2n) is 7.31. The van der Waals surface area contributed by atoms with Crippen LogP contribution < -0.4 is 25.0 Å². The molecule has 0 saturated carbocycles. The Hall–Kier alpha value is -3.39. The number of aromatic nitrogens is 2. The quantitative estimate of drug-likeness (QED) is 0.623. The number of nitrogens with one attached hydrogen (secondary N) is 2. The van der Waals surface area contributed by atoms with Crippen molar-refractivity contribution in [3.63, 3.8) is 0 Å². The van der Waals surface area contributed by atoms with Crippen LogP contribution in [0.15, 0.2) is 48.5 Å². The summed E-state index contributed by atoms with van der Waals surface area (Å²) in [7, 11) is 0. The standard InChI is InChI=1S/C22H21N5O2S/c1-14-8-20(27-11-16-4-2-3-5-17(16)12-27)25-21(24-14)26-22(30)23-10-15-6-7-18-19(9-15)29-13-28-18/h2-9H,10-13H2,1H3,(H2,23,24,25,26,30). The number of benzene rings is 2. The lowest BCUT2D eigenvalue weighted by Crippen LogP contribution is -2.29. The van der Waals surface area contributed by atoms with Gasteiger partial charge in [-0.05, 0) is 48.0 Å². The zero-order chi connectivity index (χ0) is 20.5. The zero-order valence-electron chi connectivity index (χ0n) is 16.5. The molecular formula is C22H21N5O2S. The average Bonchev–Trinajstić information content (AvgIpc) is 3.38. The third-order valence-corrected chi connectivity index (χ3v) is 5.37. The highest BCUT2D eigenvalue weighted by Crippen LogP contribution is 2.32. The van der Waals surface area contributed by atoms with E-state index in [4.69, 9.17) is 21.7 Å². The predicted octanol–water partition coefficient (Wildman–Crippen LogP) is 3.52. The van der Waals surface area contributed by atoms with Crippen molar-refractivity contribution in [2.24, 2.45) is 0 Å². The van der Waals surface area contributed by atoms with E-state index in [-0.39, 0.29) is 6.79 Å². The maximum Gasteiger partial charge on any atom is 0.231 e. The second-order valence-corrected chi connectivity index (χ2v) is 7.72. The molecule has 0 amide bonds. The van der Waals surface area contributed by atoms with E-state index < -0.39 is 0 Å². The van der Waals surface area contributed by atoms with Crippen molar-refractivity contribution in [1.82, 2.24) is 15.3 Å². The van der Waals surface area contributed by atoms with Gasteiger partial charge in [0.15, 0.2) is 16.6 Å². The van der Waals surface area contributed by atoms with E-state index in [0.29, 0.717) is 17.6 Å². The summed E-state index contributed by atoms with van der Waals surface area (Å²) in [5.41, 5.74) is 4.61. The highest BCUT2D eigenvalue weighted by molar-refractivity contribution is 7.80. The van der Waals surface area contributed by atoms with Crippen molar-refractivity contribution in [3.8, 4) is 11.5 Å². The van der Waals surface area contributed by atoms with Gasteiger partial charge < -0.3 is 25.0 Å². The van der Waals surface area contributed by atoms with E-state index in [1.54, 1.807) is 0 Å². The lowest BCUT2D eigenvalue weighted by molar-refractivity contribution is 0.174. The van der Waals surface area contributed by atoms with E-state index in [2.05, 4.69) is 49.8 Å². The lowest BCUT2D eigenvalue weighted by Gasteiger charge is -2.18. The molecule has 2 N–H and O–H groups in total. The molecule has 0 aliphatic carbocycles. The maximum atomic E-state index is 5.44. The van der Waals surface area contributed by atoms with Gasteiger partial charge in [-0.25, -0.2) is 4.98 Å². The lowest BCUT2D eigenvalue weighted by atomic mass is 10.1. The van der Waals surface area contributed by atoms with Gasteiger partial charge in [0.25, 0.3) is 0 Å². The molecule has 2 aromatic carbocycles. The van der Waals surface area contributed by atoms with Gasteiger partial charge in [0, 0.05) is 31.4 Å². The summed E-state index contributed by atoms with van der Waals surface area (Å²) in [6.07, 6.45) is 0. The van der Waals surface area contributed by atoms with Crippen molar-refractivity contribution >= 4 is 29.1 Å². The first kappa shape index (κ1) is 18.6. The normalized spacial score (nSPS) is 13.8. The molecule has 0 radical (unpaired) electrons. The summed E-state index contributed by atoms with van der Waals surface area (Å²) >= 11 is 5.44. The summed E-state index contributed by atoms with van der Waals surface area (Å²) in [6.45, 7) is 4.48. The molecule has 30 heavy (non-hydrogen) atoms. The molecule has 0 bridgehead atoms. The Balaban J connectivity index is 1.23. The number of hydrogen-bond donors (Lipinski definition) is 2. The highest BCUT2D eigenvalue weighted by atomic mass is 32.1. The second kappa shape index (κ2) is 7.79. The van der Waals surface area contributed by atoms with Gasteiger partial charge in [-0.1, -0.05) is 30.3 Å². The number of ether oxygens (including phenoxy) is 2. The van der Waals surface area contributed by atoms with Crippen LogP contribution in [0.5, 0.6) is 11.5 Å². The van der Waals surface area contributed by atoms with Gasteiger partial charge in [-0.15, -0.1) is 0 Å². The number of thiocarbonyl (C=S) groups is 1. The highest BCUT2D eigenvalue weighted by Gasteiger charge is 2.20. The molecule has 0 saturated heterocycles. The first-order valence-corrected chi connectivity index (χ1v) is 10.2. The van der Waals surface area contributed by atoms with Gasteiger partial charge in [-0.2, -0.15) is 4.98 Å². The molecule has 0 spiro atoms. The van der Waals surface area contributed by atoms with Crippen LogP contribution in [-0.4, -0.2) is 21.9 Å².